The van der Waals surface area contributed by atoms with Gasteiger partial charge >= 0.3 is 0 Å². The molecular formula is C29H29FN8O4S. The number of halogens is 1. The molecule has 1 fully saturated rings. The molecule has 1 aliphatic rings. The summed E-state index contributed by atoms with van der Waals surface area (Å²) in [6, 6.07) is 15.1. The highest BCUT2D eigenvalue weighted by Crippen LogP contribution is 2.26. The molecule has 5 aromatic rings. The number of benzene rings is 2. The van der Waals surface area contributed by atoms with Crippen LogP contribution in [0.4, 0.5) is 21.7 Å². The average molecular weight is 605 g/mol. The molecule has 43 heavy (non-hydrogen) atoms. The van der Waals surface area contributed by atoms with E-state index >= 15 is 0 Å². The molecule has 0 spiro atoms. The Bertz CT molecular complexity index is 1950. The largest absolute Gasteiger partial charge is 0.448 e. The van der Waals surface area contributed by atoms with Gasteiger partial charge in [-0.1, -0.05) is 12.1 Å². The number of likely N-dealkylation sites (N-methyl/N-ethyl adjacent to an activating group) is 1. The zero-order chi connectivity index (χ0) is 30.1. The van der Waals surface area contributed by atoms with E-state index in [1.54, 1.807) is 6.07 Å². The summed E-state index contributed by atoms with van der Waals surface area (Å²) in [6.07, 6.45) is 5.06. The number of nitrogens with one attached hydrogen (secondary N) is 1. The first-order valence-corrected chi connectivity index (χ1v) is 15.4. The molecule has 0 saturated carbocycles. The molecule has 1 saturated heterocycles. The van der Waals surface area contributed by atoms with Crippen LogP contribution in [0.25, 0.3) is 11.0 Å². The number of fused-ring (bicyclic) bond motifs is 1. The monoisotopic (exact) mass is 604 g/mol. The van der Waals surface area contributed by atoms with Crippen molar-refractivity contribution in [1.82, 2.24) is 28.4 Å². The first-order chi connectivity index (χ1) is 20.7. The molecule has 0 atom stereocenters. The van der Waals surface area contributed by atoms with Crippen LogP contribution in [0, 0.1) is 5.82 Å². The fraction of sp³-hybridized carbons (Fsp3) is 0.241. The molecule has 0 bridgehead atoms. The van der Waals surface area contributed by atoms with Gasteiger partial charge in [-0.3, -0.25) is 9.36 Å². The van der Waals surface area contributed by atoms with E-state index in [9.17, 15) is 17.6 Å². The number of hydrogen-bond acceptors (Lipinski definition) is 10. The minimum atomic E-state index is -3.70. The maximum absolute atomic E-state index is 14.4. The first-order valence-electron chi connectivity index (χ1n) is 13.5. The molecule has 1 N–H and O–H groups in total. The van der Waals surface area contributed by atoms with Crippen molar-refractivity contribution in [3.05, 3.63) is 95.2 Å². The third-order valence-corrected chi connectivity index (χ3v) is 8.24. The standard InChI is InChI=1S/C29H29FN8O4S/c1-35-11-13-36(14-12-35)22-9-7-21(8-10-22)33-29-32-16-20-15-26(42-25-6-4-3-5-24(25)30)28(39)37(27(20)34-29)18-23-17-31-19-38(23)43(2,40)41/h3-10,15-17,19H,11-14,18H2,1-2H3,(H,32,33,34). The molecule has 222 valence electrons. The minimum Gasteiger partial charge on any atom is -0.448 e. The molecule has 6 rings (SSSR count). The Balaban J connectivity index is 1.36. The van der Waals surface area contributed by atoms with Gasteiger partial charge in [-0.15, -0.1) is 0 Å². The summed E-state index contributed by atoms with van der Waals surface area (Å²) in [6.45, 7) is 3.72. The third kappa shape index (κ3) is 6.05. The fourth-order valence-electron chi connectivity index (χ4n) is 4.89. The number of ether oxygens (including phenoxy) is 1. The molecule has 2 aromatic carbocycles. The van der Waals surface area contributed by atoms with E-state index in [1.165, 1.54) is 41.2 Å². The number of para-hydroxylation sites is 1. The SMILES string of the molecule is CN1CCN(c2ccc(Nc3ncc4cc(Oc5ccccc5F)c(=O)n(Cc5cncn5S(C)(=O)=O)c4n3)cc2)CC1. The van der Waals surface area contributed by atoms with Gasteiger partial charge in [0, 0.05) is 49.1 Å². The van der Waals surface area contributed by atoms with Crippen LogP contribution in [-0.2, 0) is 16.6 Å². The molecule has 0 amide bonds. The Hall–Kier alpha value is -4.82. The summed E-state index contributed by atoms with van der Waals surface area (Å²) in [5, 5.41) is 3.60. The highest BCUT2D eigenvalue weighted by atomic mass is 32.2. The van der Waals surface area contributed by atoms with Crippen molar-refractivity contribution in [2.24, 2.45) is 0 Å². The van der Waals surface area contributed by atoms with Crippen molar-refractivity contribution >= 4 is 38.4 Å². The van der Waals surface area contributed by atoms with Gasteiger partial charge in [-0.25, -0.2) is 26.7 Å². The summed E-state index contributed by atoms with van der Waals surface area (Å²) in [7, 11) is -1.58. The average Bonchev–Trinajstić information content (AvgIpc) is 3.47. The molecule has 0 aliphatic carbocycles. The predicted molar refractivity (Wildman–Crippen MR) is 161 cm³/mol. The number of hydrogen-bond donors (Lipinski definition) is 1. The van der Waals surface area contributed by atoms with E-state index in [4.69, 9.17) is 4.74 Å². The summed E-state index contributed by atoms with van der Waals surface area (Å²) in [4.78, 5) is 31.3. The lowest BCUT2D eigenvalue weighted by Crippen LogP contribution is -2.44. The van der Waals surface area contributed by atoms with Gasteiger partial charge < -0.3 is 19.9 Å². The summed E-state index contributed by atoms with van der Waals surface area (Å²) in [5.41, 5.74) is 1.68. The molecule has 0 radical (unpaired) electrons. The van der Waals surface area contributed by atoms with E-state index in [2.05, 4.69) is 37.1 Å². The van der Waals surface area contributed by atoms with E-state index in [1.807, 2.05) is 24.3 Å². The van der Waals surface area contributed by atoms with Crippen LogP contribution in [0.3, 0.4) is 0 Å². The fourth-order valence-corrected chi connectivity index (χ4v) is 5.65. The van der Waals surface area contributed by atoms with Gasteiger partial charge in [-0.05, 0) is 49.5 Å². The summed E-state index contributed by atoms with van der Waals surface area (Å²) in [5.74, 6) is -0.719. The van der Waals surface area contributed by atoms with Crippen molar-refractivity contribution in [1.29, 1.82) is 0 Å². The minimum absolute atomic E-state index is 0.133. The number of aromatic nitrogens is 5. The second kappa shape index (κ2) is 11.5. The van der Waals surface area contributed by atoms with Gasteiger partial charge in [0.05, 0.1) is 24.7 Å². The zero-order valence-electron chi connectivity index (χ0n) is 23.5. The molecule has 14 heteroatoms. The van der Waals surface area contributed by atoms with Gasteiger partial charge in [0.25, 0.3) is 5.56 Å². The first kappa shape index (κ1) is 28.3. The normalized spacial score (nSPS) is 14.3. The number of imidazole rings is 1. The van der Waals surface area contributed by atoms with E-state index in [-0.39, 0.29) is 35.3 Å². The van der Waals surface area contributed by atoms with Gasteiger partial charge in [0.2, 0.25) is 16.0 Å². The molecule has 4 heterocycles. The van der Waals surface area contributed by atoms with Crippen LogP contribution in [0.1, 0.15) is 5.69 Å². The Morgan fingerprint density at radius 3 is 2.47 bits per heavy atom. The van der Waals surface area contributed by atoms with Crippen molar-refractivity contribution in [2.75, 3.05) is 49.7 Å². The number of rotatable bonds is 8. The quantitative estimate of drug-likeness (QED) is 0.282. The van der Waals surface area contributed by atoms with Gasteiger partial charge in [0.15, 0.2) is 17.3 Å². The lowest BCUT2D eigenvalue weighted by atomic mass is 10.2. The Kier molecular flexibility index (Phi) is 7.54. The van der Waals surface area contributed by atoms with E-state index in [0.717, 1.165) is 54.1 Å². The predicted octanol–water partition coefficient (Wildman–Crippen LogP) is 3.27. The number of anilines is 3. The Labute approximate surface area is 247 Å². The Morgan fingerprint density at radius 2 is 1.74 bits per heavy atom. The number of piperazine rings is 1. The second-order valence-electron chi connectivity index (χ2n) is 10.3. The topological polar surface area (TPSA) is 127 Å². The van der Waals surface area contributed by atoms with Crippen molar-refractivity contribution in [3.63, 3.8) is 0 Å². The molecule has 3 aromatic heterocycles. The highest BCUT2D eigenvalue weighted by molar-refractivity contribution is 7.89. The van der Waals surface area contributed by atoms with Crippen LogP contribution in [0.5, 0.6) is 11.5 Å². The zero-order valence-corrected chi connectivity index (χ0v) is 24.3. The maximum Gasteiger partial charge on any atom is 0.295 e. The highest BCUT2D eigenvalue weighted by Gasteiger charge is 2.19. The van der Waals surface area contributed by atoms with Gasteiger partial charge in [-0.2, -0.15) is 4.98 Å². The lowest BCUT2D eigenvalue weighted by molar-refractivity contribution is 0.313. The molecule has 12 nitrogen and oxygen atoms in total. The van der Waals surface area contributed by atoms with Crippen molar-refractivity contribution < 1.29 is 17.5 Å². The van der Waals surface area contributed by atoms with Crippen LogP contribution in [0.15, 0.2) is 78.1 Å². The van der Waals surface area contributed by atoms with Crippen molar-refractivity contribution in [2.45, 2.75) is 6.54 Å². The maximum atomic E-state index is 14.4. The number of nitrogens with zero attached hydrogens (tertiary/aromatic N) is 7. The van der Waals surface area contributed by atoms with Crippen LogP contribution < -0.4 is 20.5 Å². The smallest absolute Gasteiger partial charge is 0.295 e. The summed E-state index contributed by atoms with van der Waals surface area (Å²) < 4.78 is 46.9. The van der Waals surface area contributed by atoms with Crippen LogP contribution in [-0.4, -0.2) is 76.3 Å². The van der Waals surface area contributed by atoms with E-state index < -0.39 is 21.4 Å². The molecule has 1 aliphatic heterocycles. The summed E-state index contributed by atoms with van der Waals surface area (Å²) >= 11 is 0. The molecule has 0 unspecified atom stereocenters. The number of pyridine rings is 1. The van der Waals surface area contributed by atoms with E-state index in [0.29, 0.717) is 5.39 Å². The van der Waals surface area contributed by atoms with Crippen molar-refractivity contribution in [3.8, 4) is 11.5 Å². The van der Waals surface area contributed by atoms with Crippen LogP contribution in [0.2, 0.25) is 0 Å². The third-order valence-electron chi connectivity index (χ3n) is 7.20. The Morgan fingerprint density at radius 1 is 1.00 bits per heavy atom. The van der Waals surface area contributed by atoms with Gasteiger partial charge in [0.1, 0.15) is 12.0 Å². The second-order valence-corrected chi connectivity index (χ2v) is 12.2. The lowest BCUT2D eigenvalue weighted by Gasteiger charge is -2.34. The molecular weight excluding hydrogens is 575 g/mol. The van der Waals surface area contributed by atoms with Crippen LogP contribution >= 0.6 is 0 Å².